The van der Waals surface area contributed by atoms with E-state index in [0.717, 1.165) is 49.6 Å². The number of halogens is 1. The highest BCUT2D eigenvalue weighted by Crippen LogP contribution is 2.20. The molecule has 1 heterocycles. The van der Waals surface area contributed by atoms with Gasteiger partial charge in [-0.1, -0.05) is 35.9 Å². The molecule has 1 aliphatic heterocycles. The summed E-state index contributed by atoms with van der Waals surface area (Å²) in [5.41, 5.74) is 2.00. The van der Waals surface area contributed by atoms with Gasteiger partial charge in [0.05, 0.1) is 13.2 Å². The van der Waals surface area contributed by atoms with E-state index in [0.29, 0.717) is 5.02 Å². The molecule has 0 spiro atoms. The Morgan fingerprint density at radius 2 is 1.76 bits per heavy atom. The van der Waals surface area contributed by atoms with Crippen LogP contribution in [0.2, 0.25) is 5.02 Å². The van der Waals surface area contributed by atoms with E-state index in [2.05, 4.69) is 22.2 Å². The van der Waals surface area contributed by atoms with Gasteiger partial charge in [0, 0.05) is 43.8 Å². The summed E-state index contributed by atoms with van der Waals surface area (Å²) in [4.78, 5) is 17.3. The Bertz CT molecular complexity index is 813. The number of carbonyl (C=O) groups excluding carboxylic acids is 1. The molecule has 3 rings (SSSR count). The van der Waals surface area contributed by atoms with E-state index < -0.39 is 0 Å². The molecular weight excluding hydrogens is 386 g/mol. The Hall–Kier alpha value is -2.34. The van der Waals surface area contributed by atoms with Crippen LogP contribution in [0.3, 0.4) is 0 Å². The van der Waals surface area contributed by atoms with Crippen molar-refractivity contribution in [2.75, 3.05) is 46.9 Å². The predicted molar refractivity (Wildman–Crippen MR) is 118 cm³/mol. The fraction of sp³-hybridized carbons (Fsp3) is 0.348. The largest absolute Gasteiger partial charge is 0.497 e. The van der Waals surface area contributed by atoms with Gasteiger partial charge in [-0.05, 0) is 48.5 Å². The number of ether oxygens (including phenoxy) is 1. The Morgan fingerprint density at radius 3 is 2.38 bits per heavy atom. The number of amides is 1. The number of piperazine rings is 1. The number of likely N-dealkylation sites (N-methyl/N-ethyl adjacent to an activating group) is 1. The molecule has 1 unspecified atom stereocenters. The molecule has 1 atom stereocenters. The van der Waals surface area contributed by atoms with Gasteiger partial charge in [0.25, 0.3) is 0 Å². The Morgan fingerprint density at radius 1 is 1.10 bits per heavy atom. The van der Waals surface area contributed by atoms with Gasteiger partial charge in [-0.15, -0.1) is 0 Å². The van der Waals surface area contributed by atoms with Crippen molar-refractivity contribution in [3.8, 4) is 5.75 Å². The molecule has 0 aliphatic carbocycles. The van der Waals surface area contributed by atoms with E-state index in [9.17, 15) is 4.79 Å². The van der Waals surface area contributed by atoms with Crippen molar-refractivity contribution < 1.29 is 9.53 Å². The summed E-state index contributed by atoms with van der Waals surface area (Å²) in [7, 11) is 3.79. The molecule has 1 fully saturated rings. The number of hydrogen-bond donors (Lipinski definition) is 1. The second kappa shape index (κ2) is 10.4. The second-order valence-electron chi connectivity index (χ2n) is 7.32. The number of carbonyl (C=O) groups is 1. The normalized spacial score (nSPS) is 16.7. The molecule has 6 heteroatoms. The number of nitrogens with one attached hydrogen (secondary N) is 1. The number of methoxy groups -OCH3 is 1. The molecule has 2 aromatic carbocycles. The lowest BCUT2D eigenvalue weighted by atomic mass is 10.1. The number of nitrogens with zero attached hydrogens (tertiary/aromatic N) is 2. The standard InChI is InChI=1S/C23H28ClN3O2/c1-26-13-15-27(16-14-26)17-22(19-6-10-21(29-2)11-7-19)25-23(28)12-5-18-3-8-20(24)9-4-18/h3-12,22H,13-17H2,1-2H3,(H,25,28)/b12-5+. The summed E-state index contributed by atoms with van der Waals surface area (Å²) in [5, 5.41) is 3.84. The smallest absolute Gasteiger partial charge is 0.244 e. The van der Waals surface area contributed by atoms with Crippen LogP contribution in [0.4, 0.5) is 0 Å². The van der Waals surface area contributed by atoms with Crippen molar-refractivity contribution in [2.24, 2.45) is 0 Å². The summed E-state index contributed by atoms with van der Waals surface area (Å²) >= 11 is 5.91. The average molecular weight is 414 g/mol. The highest BCUT2D eigenvalue weighted by Gasteiger charge is 2.20. The topological polar surface area (TPSA) is 44.8 Å². The number of hydrogen-bond acceptors (Lipinski definition) is 4. The summed E-state index contributed by atoms with van der Waals surface area (Å²) < 4.78 is 5.26. The molecule has 0 bridgehead atoms. The average Bonchev–Trinajstić information content (AvgIpc) is 2.74. The van der Waals surface area contributed by atoms with Gasteiger partial charge in [-0.3, -0.25) is 9.69 Å². The molecule has 1 N–H and O–H groups in total. The van der Waals surface area contributed by atoms with Crippen molar-refractivity contribution in [1.29, 1.82) is 0 Å². The first kappa shape index (κ1) is 21.4. The van der Waals surface area contributed by atoms with Crippen molar-refractivity contribution in [2.45, 2.75) is 6.04 Å². The van der Waals surface area contributed by atoms with E-state index in [1.54, 1.807) is 19.3 Å². The SMILES string of the molecule is COc1ccc(C(CN2CCN(C)CC2)NC(=O)/C=C/c2ccc(Cl)cc2)cc1. The Kier molecular flexibility index (Phi) is 7.69. The molecule has 0 saturated carbocycles. The molecule has 154 valence electrons. The quantitative estimate of drug-likeness (QED) is 0.706. The monoisotopic (exact) mass is 413 g/mol. The minimum absolute atomic E-state index is 0.0910. The van der Waals surface area contributed by atoms with Gasteiger partial charge in [0.2, 0.25) is 5.91 Å². The zero-order valence-corrected chi connectivity index (χ0v) is 17.7. The van der Waals surface area contributed by atoms with Gasteiger partial charge in [0.15, 0.2) is 0 Å². The highest BCUT2D eigenvalue weighted by atomic mass is 35.5. The van der Waals surface area contributed by atoms with E-state index in [4.69, 9.17) is 16.3 Å². The lowest BCUT2D eigenvalue weighted by Crippen LogP contribution is -2.47. The third-order valence-electron chi connectivity index (χ3n) is 5.17. The van der Waals surface area contributed by atoms with Crippen LogP contribution >= 0.6 is 11.6 Å². The van der Waals surface area contributed by atoms with E-state index in [1.807, 2.05) is 48.5 Å². The van der Waals surface area contributed by atoms with E-state index in [-0.39, 0.29) is 11.9 Å². The van der Waals surface area contributed by atoms with Crippen molar-refractivity contribution >= 4 is 23.6 Å². The lowest BCUT2D eigenvalue weighted by molar-refractivity contribution is -0.117. The van der Waals surface area contributed by atoms with Crippen molar-refractivity contribution in [3.05, 3.63) is 70.8 Å². The van der Waals surface area contributed by atoms with Crippen LogP contribution in [0.15, 0.2) is 54.6 Å². The van der Waals surface area contributed by atoms with Gasteiger partial charge in [0.1, 0.15) is 5.75 Å². The summed E-state index contributed by atoms with van der Waals surface area (Å²) in [6, 6.07) is 15.2. The molecule has 1 saturated heterocycles. The molecular formula is C23H28ClN3O2. The Balaban J connectivity index is 1.69. The van der Waals surface area contributed by atoms with Crippen LogP contribution in [-0.4, -0.2) is 62.6 Å². The molecule has 5 nitrogen and oxygen atoms in total. The van der Waals surface area contributed by atoms with Crippen LogP contribution in [-0.2, 0) is 4.79 Å². The van der Waals surface area contributed by atoms with Gasteiger partial charge in [-0.2, -0.15) is 0 Å². The first-order valence-electron chi connectivity index (χ1n) is 9.82. The maximum atomic E-state index is 12.6. The van der Waals surface area contributed by atoms with Crippen LogP contribution in [0.1, 0.15) is 17.2 Å². The number of benzene rings is 2. The number of rotatable bonds is 7. The summed E-state index contributed by atoms with van der Waals surface area (Å²) in [5.74, 6) is 0.691. The van der Waals surface area contributed by atoms with Crippen LogP contribution in [0.25, 0.3) is 6.08 Å². The van der Waals surface area contributed by atoms with Crippen LogP contribution in [0.5, 0.6) is 5.75 Å². The zero-order chi connectivity index (χ0) is 20.6. The molecule has 0 radical (unpaired) electrons. The molecule has 29 heavy (non-hydrogen) atoms. The first-order chi connectivity index (χ1) is 14.0. The third-order valence-corrected chi connectivity index (χ3v) is 5.42. The van der Waals surface area contributed by atoms with Crippen molar-refractivity contribution in [3.63, 3.8) is 0 Å². The minimum atomic E-state index is -0.116. The summed E-state index contributed by atoms with van der Waals surface area (Å²) in [6.07, 6.45) is 3.37. The minimum Gasteiger partial charge on any atom is -0.497 e. The first-order valence-corrected chi connectivity index (χ1v) is 10.2. The maximum Gasteiger partial charge on any atom is 0.244 e. The Labute approximate surface area is 177 Å². The van der Waals surface area contributed by atoms with Gasteiger partial charge < -0.3 is 15.0 Å². The van der Waals surface area contributed by atoms with Crippen LogP contribution < -0.4 is 10.1 Å². The van der Waals surface area contributed by atoms with Crippen molar-refractivity contribution in [1.82, 2.24) is 15.1 Å². The van der Waals surface area contributed by atoms with Crippen LogP contribution in [0, 0.1) is 0 Å². The predicted octanol–water partition coefficient (Wildman–Crippen LogP) is 3.47. The van der Waals surface area contributed by atoms with E-state index >= 15 is 0 Å². The second-order valence-corrected chi connectivity index (χ2v) is 7.76. The summed E-state index contributed by atoms with van der Waals surface area (Å²) in [6.45, 7) is 4.86. The van der Waals surface area contributed by atoms with Gasteiger partial charge >= 0.3 is 0 Å². The third kappa shape index (κ3) is 6.60. The maximum absolute atomic E-state index is 12.6. The molecule has 2 aromatic rings. The van der Waals surface area contributed by atoms with Gasteiger partial charge in [-0.25, -0.2) is 0 Å². The molecule has 1 amide bonds. The lowest BCUT2D eigenvalue weighted by Gasteiger charge is -2.35. The fourth-order valence-electron chi connectivity index (χ4n) is 3.32. The highest BCUT2D eigenvalue weighted by molar-refractivity contribution is 6.30. The zero-order valence-electron chi connectivity index (χ0n) is 17.0. The molecule has 0 aromatic heterocycles. The van der Waals surface area contributed by atoms with E-state index in [1.165, 1.54) is 0 Å². The molecule has 1 aliphatic rings. The fourth-order valence-corrected chi connectivity index (χ4v) is 3.45.